The number of anilines is 1. The van der Waals surface area contributed by atoms with E-state index < -0.39 is 5.25 Å². The molecule has 1 heterocycles. The van der Waals surface area contributed by atoms with E-state index >= 15 is 0 Å². The average molecular weight is 414 g/mol. The molecule has 0 unspecified atom stereocenters. The van der Waals surface area contributed by atoms with Gasteiger partial charge >= 0.3 is 0 Å². The number of hydrogen-bond acceptors (Lipinski definition) is 4. The molecule has 0 fully saturated rings. The second-order valence-corrected chi connectivity index (χ2v) is 8.40. The zero-order chi connectivity index (χ0) is 21.1. The molecule has 0 saturated carbocycles. The van der Waals surface area contributed by atoms with Crippen LogP contribution in [0.1, 0.15) is 27.8 Å². The molecule has 30 heavy (non-hydrogen) atoms. The number of thioether (sulfide) groups is 1. The van der Waals surface area contributed by atoms with Gasteiger partial charge in [0.05, 0.1) is 5.52 Å². The fraction of sp³-hybridized carbons (Fsp3) is 0.160. The van der Waals surface area contributed by atoms with Gasteiger partial charge in [-0.1, -0.05) is 72.4 Å². The summed E-state index contributed by atoms with van der Waals surface area (Å²) in [7, 11) is 0. The summed E-state index contributed by atoms with van der Waals surface area (Å²) in [5.74, 6) is 0.623. The van der Waals surface area contributed by atoms with Crippen LogP contribution in [0, 0.1) is 20.8 Å². The predicted octanol–water partition coefficient (Wildman–Crippen LogP) is 6.03. The molecule has 0 bridgehead atoms. The van der Waals surface area contributed by atoms with Crippen LogP contribution in [-0.4, -0.2) is 15.9 Å². The van der Waals surface area contributed by atoms with Crippen LogP contribution in [0.15, 0.2) is 77.8 Å². The normalized spacial score (nSPS) is 12.0. The average Bonchev–Trinajstić information content (AvgIpc) is 2.75. The fourth-order valence-corrected chi connectivity index (χ4v) is 4.50. The van der Waals surface area contributed by atoms with Crippen LogP contribution >= 0.6 is 11.8 Å². The molecule has 1 atom stereocenters. The summed E-state index contributed by atoms with van der Waals surface area (Å²) >= 11 is 1.46. The number of aromatic nitrogens is 2. The number of nitrogens with one attached hydrogen (secondary N) is 1. The minimum atomic E-state index is -0.441. The van der Waals surface area contributed by atoms with Gasteiger partial charge in [-0.25, -0.2) is 9.97 Å². The molecule has 1 amide bonds. The second kappa shape index (κ2) is 8.67. The molecule has 0 radical (unpaired) electrons. The van der Waals surface area contributed by atoms with Crippen molar-refractivity contribution in [2.45, 2.75) is 31.0 Å². The van der Waals surface area contributed by atoms with Gasteiger partial charge in [0.2, 0.25) is 5.91 Å². The third-order valence-corrected chi connectivity index (χ3v) is 6.16. The van der Waals surface area contributed by atoms with Gasteiger partial charge in [0.15, 0.2) is 0 Å². The van der Waals surface area contributed by atoms with Gasteiger partial charge in [0, 0.05) is 11.1 Å². The molecule has 5 heteroatoms. The lowest BCUT2D eigenvalue weighted by Gasteiger charge is -2.19. The summed E-state index contributed by atoms with van der Waals surface area (Å²) in [4.78, 5) is 22.6. The molecule has 0 aliphatic heterocycles. The van der Waals surface area contributed by atoms with Crippen molar-refractivity contribution < 1.29 is 4.79 Å². The maximum atomic E-state index is 13.4. The first-order chi connectivity index (χ1) is 14.5. The van der Waals surface area contributed by atoms with Gasteiger partial charge in [-0.15, -0.1) is 0 Å². The zero-order valence-electron chi connectivity index (χ0n) is 17.2. The van der Waals surface area contributed by atoms with Crippen LogP contribution in [0.2, 0.25) is 0 Å². The maximum absolute atomic E-state index is 13.4. The Morgan fingerprint density at radius 2 is 1.63 bits per heavy atom. The molecule has 4 aromatic rings. The van der Waals surface area contributed by atoms with E-state index in [0.717, 1.165) is 38.3 Å². The summed E-state index contributed by atoms with van der Waals surface area (Å²) in [5.41, 5.74) is 4.80. The van der Waals surface area contributed by atoms with Crippen molar-refractivity contribution in [3.05, 3.63) is 95.3 Å². The highest BCUT2D eigenvalue weighted by Gasteiger charge is 2.24. The molecular weight excluding hydrogens is 390 g/mol. The monoisotopic (exact) mass is 413 g/mol. The van der Waals surface area contributed by atoms with Crippen molar-refractivity contribution in [1.82, 2.24) is 9.97 Å². The molecule has 0 aliphatic carbocycles. The number of carbonyl (C=O) groups is 1. The summed E-state index contributed by atoms with van der Waals surface area (Å²) in [6.07, 6.45) is 0. The van der Waals surface area contributed by atoms with Crippen molar-refractivity contribution in [1.29, 1.82) is 0 Å². The Bertz CT molecular complexity index is 1210. The number of para-hydroxylation sites is 1. The Morgan fingerprint density at radius 1 is 0.900 bits per heavy atom. The van der Waals surface area contributed by atoms with Gasteiger partial charge < -0.3 is 5.32 Å². The number of aryl methyl sites for hydroxylation is 3. The van der Waals surface area contributed by atoms with Crippen LogP contribution in [-0.2, 0) is 4.79 Å². The van der Waals surface area contributed by atoms with Gasteiger partial charge in [0.1, 0.15) is 16.1 Å². The van der Waals surface area contributed by atoms with Gasteiger partial charge in [-0.2, -0.15) is 0 Å². The largest absolute Gasteiger partial charge is 0.325 e. The van der Waals surface area contributed by atoms with E-state index in [-0.39, 0.29) is 5.91 Å². The van der Waals surface area contributed by atoms with Crippen LogP contribution in [0.5, 0.6) is 0 Å². The van der Waals surface area contributed by atoms with Crippen molar-refractivity contribution in [3.63, 3.8) is 0 Å². The van der Waals surface area contributed by atoms with Crippen molar-refractivity contribution in [3.8, 4) is 0 Å². The number of nitrogens with zero attached hydrogens (tertiary/aromatic N) is 2. The SMILES string of the molecule is Cc1ccc(C)c(NC(=O)[C@@H](Sc2nc(C)nc3ccccc23)c2ccccc2)c1. The summed E-state index contributed by atoms with van der Waals surface area (Å²) in [6.45, 7) is 5.90. The van der Waals surface area contributed by atoms with E-state index in [1.165, 1.54) is 11.8 Å². The Labute approximate surface area is 180 Å². The van der Waals surface area contributed by atoms with Crippen LogP contribution in [0.4, 0.5) is 5.69 Å². The van der Waals surface area contributed by atoms with E-state index in [9.17, 15) is 4.79 Å². The molecule has 0 aliphatic rings. The van der Waals surface area contributed by atoms with E-state index in [1.54, 1.807) is 0 Å². The molecule has 0 saturated heterocycles. The van der Waals surface area contributed by atoms with Crippen LogP contribution < -0.4 is 5.32 Å². The van der Waals surface area contributed by atoms with E-state index in [1.807, 2.05) is 93.6 Å². The van der Waals surface area contributed by atoms with Gasteiger partial charge in [0.25, 0.3) is 0 Å². The third kappa shape index (κ3) is 4.36. The minimum Gasteiger partial charge on any atom is -0.325 e. The highest BCUT2D eigenvalue weighted by Crippen LogP contribution is 2.38. The number of benzene rings is 3. The van der Waals surface area contributed by atoms with E-state index in [4.69, 9.17) is 0 Å². The third-order valence-electron chi connectivity index (χ3n) is 4.90. The topological polar surface area (TPSA) is 54.9 Å². The van der Waals surface area contributed by atoms with E-state index in [2.05, 4.69) is 15.3 Å². The number of rotatable bonds is 5. The van der Waals surface area contributed by atoms with Gasteiger partial charge in [-0.3, -0.25) is 4.79 Å². The second-order valence-electron chi connectivity index (χ2n) is 7.31. The molecule has 4 rings (SSSR count). The Hall–Kier alpha value is -3.18. The Kier molecular flexibility index (Phi) is 5.81. The first-order valence-electron chi connectivity index (χ1n) is 9.84. The highest BCUT2D eigenvalue weighted by atomic mass is 32.2. The number of hydrogen-bond donors (Lipinski definition) is 1. The lowest BCUT2D eigenvalue weighted by Crippen LogP contribution is -2.20. The number of amides is 1. The number of fused-ring (bicyclic) bond motifs is 1. The van der Waals surface area contributed by atoms with Crippen molar-refractivity contribution in [2.24, 2.45) is 0 Å². The smallest absolute Gasteiger partial charge is 0.242 e. The molecule has 1 N–H and O–H groups in total. The lowest BCUT2D eigenvalue weighted by molar-refractivity contribution is -0.115. The Morgan fingerprint density at radius 3 is 2.43 bits per heavy atom. The minimum absolute atomic E-state index is 0.0692. The van der Waals surface area contributed by atoms with E-state index in [0.29, 0.717) is 5.82 Å². The Balaban J connectivity index is 1.73. The molecule has 1 aromatic heterocycles. The standard InChI is InChI=1S/C25H23N3OS/c1-16-13-14-17(2)22(15-16)28-24(29)23(19-9-5-4-6-10-19)30-25-20-11-7-8-12-21(20)26-18(3)27-25/h4-15,23H,1-3H3,(H,28,29)/t23-/m0/s1. The summed E-state index contributed by atoms with van der Waals surface area (Å²) in [6, 6.07) is 23.8. The quantitative estimate of drug-likeness (QED) is 0.321. The fourth-order valence-electron chi connectivity index (χ4n) is 3.33. The number of carbonyl (C=O) groups excluding carboxylic acids is 1. The van der Waals surface area contributed by atoms with Crippen LogP contribution in [0.3, 0.4) is 0 Å². The first kappa shape index (κ1) is 20.1. The molecule has 4 nitrogen and oxygen atoms in total. The highest BCUT2D eigenvalue weighted by molar-refractivity contribution is 8.00. The van der Waals surface area contributed by atoms with Crippen molar-refractivity contribution >= 4 is 34.3 Å². The lowest BCUT2D eigenvalue weighted by atomic mass is 10.1. The van der Waals surface area contributed by atoms with Crippen molar-refractivity contribution in [2.75, 3.05) is 5.32 Å². The molecule has 0 spiro atoms. The molecule has 150 valence electrons. The molecule has 3 aromatic carbocycles. The zero-order valence-corrected chi connectivity index (χ0v) is 18.0. The summed E-state index contributed by atoms with van der Waals surface area (Å²) in [5, 5.41) is 4.45. The summed E-state index contributed by atoms with van der Waals surface area (Å²) < 4.78 is 0. The first-order valence-corrected chi connectivity index (χ1v) is 10.7. The maximum Gasteiger partial charge on any atom is 0.242 e. The van der Waals surface area contributed by atoms with Gasteiger partial charge in [-0.05, 0) is 49.6 Å². The van der Waals surface area contributed by atoms with Crippen LogP contribution in [0.25, 0.3) is 10.9 Å². The molecular formula is C25H23N3OS. The predicted molar refractivity (Wildman–Crippen MR) is 124 cm³/mol.